The molecule has 4 amide bonds. The molecule has 10 nitrogen and oxygen atoms in total. The second-order valence-electron chi connectivity index (χ2n) is 11.2. The highest BCUT2D eigenvalue weighted by molar-refractivity contribution is 6.01. The Morgan fingerprint density at radius 1 is 1.05 bits per heavy atom. The van der Waals surface area contributed by atoms with Crippen molar-refractivity contribution in [2.75, 3.05) is 26.2 Å². The summed E-state index contributed by atoms with van der Waals surface area (Å²) >= 11 is 0. The summed E-state index contributed by atoms with van der Waals surface area (Å²) in [5.41, 5.74) is -0.0328. The van der Waals surface area contributed by atoms with Crippen LogP contribution in [-0.4, -0.2) is 78.4 Å². The predicted molar refractivity (Wildman–Crippen MR) is 155 cm³/mol. The molecule has 2 heterocycles. The van der Waals surface area contributed by atoms with Gasteiger partial charge in [0.05, 0.1) is 18.0 Å². The van der Waals surface area contributed by atoms with Crippen molar-refractivity contribution >= 4 is 23.6 Å². The molecule has 4 rings (SSSR count). The van der Waals surface area contributed by atoms with Gasteiger partial charge < -0.3 is 26.0 Å². The lowest BCUT2D eigenvalue weighted by molar-refractivity contribution is -0.134. The Balaban J connectivity index is 1.57. The van der Waals surface area contributed by atoms with Crippen LogP contribution < -0.4 is 26.0 Å². The van der Waals surface area contributed by atoms with Gasteiger partial charge in [0.15, 0.2) is 0 Å². The molecule has 0 unspecified atom stereocenters. The number of hydrogen-bond acceptors (Lipinski definition) is 6. The Hall–Kier alpha value is -3.92. The first-order valence-corrected chi connectivity index (χ1v) is 14.4. The van der Waals surface area contributed by atoms with E-state index in [1.54, 1.807) is 38.1 Å². The lowest BCUT2D eigenvalue weighted by Crippen LogP contribution is -2.59. The van der Waals surface area contributed by atoms with Crippen LogP contribution in [-0.2, 0) is 20.8 Å². The molecule has 0 radical (unpaired) electrons. The third kappa shape index (κ3) is 8.07. The molecule has 4 N–H and O–H groups in total. The molecule has 1 saturated heterocycles. The number of nitrogens with zero attached hydrogens (tertiary/aromatic N) is 1. The molecule has 0 saturated carbocycles. The maximum Gasteiger partial charge on any atom is 0.255 e. The van der Waals surface area contributed by atoms with Gasteiger partial charge in [-0.05, 0) is 63.9 Å². The molecule has 2 aromatic carbocycles. The third-order valence-electron chi connectivity index (χ3n) is 7.68. The molecular formula is C31H41N5O5. The summed E-state index contributed by atoms with van der Waals surface area (Å²) in [7, 11) is 0. The van der Waals surface area contributed by atoms with E-state index in [2.05, 4.69) is 33.1 Å². The molecule has 2 aromatic rings. The zero-order valence-electron chi connectivity index (χ0n) is 24.1. The number of para-hydroxylation sites is 1. The summed E-state index contributed by atoms with van der Waals surface area (Å²) in [5.74, 6) is -1.56. The fourth-order valence-electron chi connectivity index (χ4n) is 5.36. The van der Waals surface area contributed by atoms with Crippen molar-refractivity contribution in [3.8, 4) is 5.75 Å². The first-order valence-electron chi connectivity index (χ1n) is 14.4. The Morgan fingerprint density at radius 3 is 2.54 bits per heavy atom. The number of carbonyl (C=O) groups excluding carboxylic acids is 4. The normalized spacial score (nSPS) is 23.7. The van der Waals surface area contributed by atoms with Gasteiger partial charge in [-0.2, -0.15) is 0 Å². The van der Waals surface area contributed by atoms with Gasteiger partial charge in [-0.15, -0.1) is 0 Å². The van der Waals surface area contributed by atoms with E-state index in [1.165, 1.54) is 0 Å². The van der Waals surface area contributed by atoms with E-state index in [4.69, 9.17) is 4.74 Å². The summed E-state index contributed by atoms with van der Waals surface area (Å²) in [5, 5.41) is 11.4. The highest BCUT2D eigenvalue weighted by atomic mass is 16.5. The number of likely N-dealkylation sites (tertiary alicyclic amines) is 1. The van der Waals surface area contributed by atoms with E-state index in [0.29, 0.717) is 18.7 Å². The summed E-state index contributed by atoms with van der Waals surface area (Å²) in [6.07, 6.45) is 2.21. The quantitative estimate of drug-likeness (QED) is 0.424. The minimum atomic E-state index is -1.27. The lowest BCUT2D eigenvalue weighted by atomic mass is 10.0. The number of hydrogen-bond donors (Lipinski definition) is 4. The molecule has 2 aliphatic rings. The van der Waals surface area contributed by atoms with Gasteiger partial charge in [-0.3, -0.25) is 24.1 Å². The highest BCUT2D eigenvalue weighted by Gasteiger charge is 2.34. The average molecular weight is 564 g/mol. The SMILES string of the molecule is CCN1CCC[C@H]1CNC(=O)[C@@H]1CC(=O)NC(C)(C)C(=O)N[C@H](Cc2ccccc2)COc2ccccc2C(=O)N1. The molecule has 0 aromatic heterocycles. The van der Waals surface area contributed by atoms with Crippen molar-refractivity contribution in [3.63, 3.8) is 0 Å². The van der Waals surface area contributed by atoms with Gasteiger partial charge >= 0.3 is 0 Å². The lowest BCUT2D eigenvalue weighted by Gasteiger charge is -2.30. The highest BCUT2D eigenvalue weighted by Crippen LogP contribution is 2.20. The Labute approximate surface area is 241 Å². The fourth-order valence-corrected chi connectivity index (χ4v) is 5.36. The Kier molecular flexibility index (Phi) is 9.99. The van der Waals surface area contributed by atoms with Crippen molar-refractivity contribution < 1.29 is 23.9 Å². The van der Waals surface area contributed by atoms with Crippen LogP contribution >= 0.6 is 0 Å². The summed E-state index contributed by atoms with van der Waals surface area (Å²) in [4.78, 5) is 55.5. The standard InChI is InChI=1S/C31H41N5O5/c1-4-36-16-10-13-23(36)19-32-29(39)25-18-27(37)35-31(2,3)30(40)33-22(17-21-11-6-5-7-12-21)20-41-26-15-9-8-14-24(26)28(38)34-25/h5-9,11-12,14-15,22-23,25H,4,10,13,16-20H2,1-3H3,(H,32,39)(H,33,40)(H,34,38)(H,35,37)/t22-,23+,25+/m1/s1. The summed E-state index contributed by atoms with van der Waals surface area (Å²) in [6, 6.07) is 15.1. The number of nitrogens with one attached hydrogen (secondary N) is 4. The van der Waals surface area contributed by atoms with Crippen molar-refractivity contribution in [2.24, 2.45) is 0 Å². The molecule has 1 fully saturated rings. The van der Waals surface area contributed by atoms with Crippen molar-refractivity contribution in [1.82, 2.24) is 26.2 Å². The molecule has 0 spiro atoms. The van der Waals surface area contributed by atoms with Crippen LogP contribution in [0.4, 0.5) is 0 Å². The number of amides is 4. The maximum atomic E-state index is 13.4. The van der Waals surface area contributed by atoms with Crippen molar-refractivity contribution in [3.05, 3.63) is 65.7 Å². The van der Waals surface area contributed by atoms with Gasteiger partial charge in [-0.25, -0.2) is 0 Å². The third-order valence-corrected chi connectivity index (χ3v) is 7.68. The first-order chi connectivity index (χ1) is 19.7. The summed E-state index contributed by atoms with van der Waals surface area (Å²) < 4.78 is 6.09. The van der Waals surface area contributed by atoms with Crippen LogP contribution in [0.25, 0.3) is 0 Å². The Bertz CT molecular complexity index is 1230. The van der Waals surface area contributed by atoms with E-state index >= 15 is 0 Å². The van der Waals surface area contributed by atoms with E-state index in [0.717, 1.165) is 31.5 Å². The number of fused-ring (bicyclic) bond motifs is 1. The molecule has 10 heteroatoms. The molecule has 0 bridgehead atoms. The number of benzene rings is 2. The zero-order chi connectivity index (χ0) is 29.4. The van der Waals surface area contributed by atoms with E-state index < -0.39 is 35.3 Å². The number of rotatable bonds is 6. The van der Waals surface area contributed by atoms with Crippen LogP contribution in [0.5, 0.6) is 5.75 Å². The van der Waals surface area contributed by atoms with Gasteiger partial charge in [0, 0.05) is 12.6 Å². The minimum Gasteiger partial charge on any atom is -0.491 e. The minimum absolute atomic E-state index is 0.0915. The molecule has 41 heavy (non-hydrogen) atoms. The van der Waals surface area contributed by atoms with E-state index in [-0.39, 0.29) is 30.5 Å². The van der Waals surface area contributed by atoms with Gasteiger partial charge in [0.25, 0.3) is 5.91 Å². The van der Waals surface area contributed by atoms with Gasteiger partial charge in [0.2, 0.25) is 17.7 Å². The number of carbonyl (C=O) groups is 4. The van der Waals surface area contributed by atoms with Gasteiger partial charge in [-0.1, -0.05) is 49.4 Å². The van der Waals surface area contributed by atoms with Crippen LogP contribution in [0.15, 0.2) is 54.6 Å². The number of ether oxygens (including phenoxy) is 1. The van der Waals surface area contributed by atoms with E-state index in [9.17, 15) is 19.2 Å². The summed E-state index contributed by atoms with van der Waals surface area (Å²) in [6.45, 7) is 7.70. The molecular weight excluding hydrogens is 522 g/mol. The predicted octanol–water partition coefficient (Wildman–Crippen LogP) is 1.79. The topological polar surface area (TPSA) is 129 Å². The van der Waals surface area contributed by atoms with Crippen molar-refractivity contribution in [2.45, 2.75) is 70.1 Å². The van der Waals surface area contributed by atoms with Crippen LogP contribution in [0.2, 0.25) is 0 Å². The van der Waals surface area contributed by atoms with Crippen molar-refractivity contribution in [1.29, 1.82) is 0 Å². The smallest absolute Gasteiger partial charge is 0.255 e. The Morgan fingerprint density at radius 2 is 1.78 bits per heavy atom. The van der Waals surface area contributed by atoms with Crippen LogP contribution in [0.1, 0.15) is 56.0 Å². The van der Waals surface area contributed by atoms with Crippen LogP contribution in [0.3, 0.4) is 0 Å². The van der Waals surface area contributed by atoms with E-state index in [1.807, 2.05) is 30.3 Å². The second-order valence-corrected chi connectivity index (χ2v) is 11.2. The van der Waals surface area contributed by atoms with Crippen LogP contribution in [0, 0.1) is 0 Å². The monoisotopic (exact) mass is 563 g/mol. The largest absolute Gasteiger partial charge is 0.491 e. The second kappa shape index (κ2) is 13.6. The average Bonchev–Trinajstić information content (AvgIpc) is 3.41. The molecule has 3 atom stereocenters. The molecule has 2 aliphatic heterocycles. The molecule has 0 aliphatic carbocycles. The first kappa shape index (κ1) is 30.0. The maximum absolute atomic E-state index is 13.4. The zero-order valence-corrected chi connectivity index (χ0v) is 24.1. The van der Waals surface area contributed by atoms with Gasteiger partial charge in [0.1, 0.15) is 23.9 Å². The fraction of sp³-hybridized carbons (Fsp3) is 0.484. The number of likely N-dealkylation sites (N-methyl/N-ethyl adjacent to an activating group) is 1. The molecule has 220 valence electrons.